The van der Waals surface area contributed by atoms with Gasteiger partial charge >= 0.3 is 0 Å². The molecule has 2 atom stereocenters. The fourth-order valence-corrected chi connectivity index (χ4v) is 5.66. The summed E-state index contributed by atoms with van der Waals surface area (Å²) in [5.74, 6) is 3.24. The number of hydrogen-bond acceptors (Lipinski definition) is 6. The van der Waals surface area contributed by atoms with Crippen molar-refractivity contribution in [2.24, 2.45) is 10.4 Å². The zero-order chi connectivity index (χ0) is 18.3. The van der Waals surface area contributed by atoms with Crippen LogP contribution in [-0.4, -0.2) is 99.3 Å². The van der Waals surface area contributed by atoms with Gasteiger partial charge in [-0.25, -0.2) is 0 Å². The van der Waals surface area contributed by atoms with Crippen molar-refractivity contribution in [2.75, 3.05) is 77.8 Å². The third-order valence-electron chi connectivity index (χ3n) is 6.03. The topological polar surface area (TPSA) is 78.4 Å². The highest BCUT2D eigenvalue weighted by Gasteiger charge is 2.41. The largest absolute Gasteiger partial charge is 0.396 e. The summed E-state index contributed by atoms with van der Waals surface area (Å²) in [7, 11) is 1.82. The molecule has 8 heteroatoms. The molecule has 7 nitrogen and oxygen atoms in total. The van der Waals surface area contributed by atoms with Gasteiger partial charge in [-0.1, -0.05) is 0 Å². The number of rotatable bonds is 7. The monoisotopic (exact) mass is 386 g/mol. The fourth-order valence-electron chi connectivity index (χ4n) is 4.19. The standard InChI is InChI=1S/C18H34N4O3S/c1-19-16(20-12-17(2-7-23)3-8-25-14-17)21-13-18(4-11-26-15-18)22-5-9-24-10-6-22/h23H,2-15H2,1H3,(H2,19,20,21). The van der Waals surface area contributed by atoms with Crippen LogP contribution in [0.25, 0.3) is 0 Å². The SMILES string of the molecule is CN=C(NCC1(CCO)CCOC1)NCC1(N2CCOCC2)CCSC1. The number of nitrogens with one attached hydrogen (secondary N) is 2. The van der Waals surface area contributed by atoms with Gasteiger partial charge in [0.2, 0.25) is 0 Å². The van der Waals surface area contributed by atoms with E-state index in [9.17, 15) is 5.11 Å². The van der Waals surface area contributed by atoms with Gasteiger partial charge in [-0.15, -0.1) is 0 Å². The third kappa shape index (κ3) is 4.84. The Balaban J connectivity index is 1.54. The zero-order valence-corrected chi connectivity index (χ0v) is 16.8. The minimum Gasteiger partial charge on any atom is -0.396 e. The molecule has 0 amide bonds. The van der Waals surface area contributed by atoms with Gasteiger partial charge in [-0.05, 0) is 25.0 Å². The van der Waals surface area contributed by atoms with Crippen molar-refractivity contribution < 1.29 is 14.6 Å². The number of morpholine rings is 1. The van der Waals surface area contributed by atoms with Gasteiger partial charge in [0, 0.05) is 63.1 Å². The number of aliphatic hydroxyl groups is 1. The van der Waals surface area contributed by atoms with Crippen molar-refractivity contribution in [1.29, 1.82) is 0 Å². The number of ether oxygens (including phenoxy) is 2. The molecule has 0 aliphatic carbocycles. The van der Waals surface area contributed by atoms with E-state index in [1.807, 2.05) is 18.8 Å². The lowest BCUT2D eigenvalue weighted by Crippen LogP contribution is -2.60. The molecular formula is C18H34N4O3S. The minimum absolute atomic E-state index is 0.0253. The molecular weight excluding hydrogens is 352 g/mol. The Bertz CT molecular complexity index is 459. The van der Waals surface area contributed by atoms with E-state index in [0.717, 1.165) is 64.8 Å². The Labute approximate surface area is 161 Å². The van der Waals surface area contributed by atoms with E-state index in [2.05, 4.69) is 20.5 Å². The van der Waals surface area contributed by atoms with Gasteiger partial charge in [-0.3, -0.25) is 9.89 Å². The van der Waals surface area contributed by atoms with Crippen LogP contribution in [0.15, 0.2) is 4.99 Å². The molecule has 3 N–H and O–H groups in total. The molecule has 3 fully saturated rings. The van der Waals surface area contributed by atoms with Gasteiger partial charge in [0.25, 0.3) is 0 Å². The quantitative estimate of drug-likeness (QED) is 0.425. The molecule has 0 aromatic carbocycles. The Morgan fingerprint density at radius 1 is 1.15 bits per heavy atom. The molecule has 3 heterocycles. The second kappa shape index (κ2) is 9.59. The lowest BCUT2D eigenvalue weighted by Gasteiger charge is -2.43. The predicted octanol–water partition coefficient (Wildman–Crippen LogP) is 0.148. The number of guanidine groups is 1. The number of aliphatic imine (C=N–C) groups is 1. The number of nitrogens with zero attached hydrogens (tertiary/aromatic N) is 2. The number of thioether (sulfide) groups is 1. The predicted molar refractivity (Wildman–Crippen MR) is 106 cm³/mol. The van der Waals surface area contributed by atoms with E-state index in [1.165, 1.54) is 17.9 Å². The highest BCUT2D eigenvalue weighted by Crippen LogP contribution is 2.34. The van der Waals surface area contributed by atoms with Crippen molar-refractivity contribution in [3.8, 4) is 0 Å². The van der Waals surface area contributed by atoms with E-state index in [-0.39, 0.29) is 17.6 Å². The van der Waals surface area contributed by atoms with Crippen LogP contribution in [0.2, 0.25) is 0 Å². The molecule has 3 aliphatic rings. The maximum Gasteiger partial charge on any atom is 0.191 e. The summed E-state index contributed by atoms with van der Waals surface area (Å²) in [5, 5.41) is 16.4. The van der Waals surface area contributed by atoms with Crippen molar-refractivity contribution in [2.45, 2.75) is 24.8 Å². The first-order valence-electron chi connectivity index (χ1n) is 9.76. The van der Waals surface area contributed by atoms with Crippen LogP contribution in [0.4, 0.5) is 0 Å². The summed E-state index contributed by atoms with van der Waals surface area (Å²) < 4.78 is 11.1. The summed E-state index contributed by atoms with van der Waals surface area (Å²) >= 11 is 2.05. The van der Waals surface area contributed by atoms with Crippen LogP contribution in [0, 0.1) is 5.41 Å². The Morgan fingerprint density at radius 3 is 2.58 bits per heavy atom. The van der Waals surface area contributed by atoms with E-state index in [0.29, 0.717) is 6.61 Å². The molecule has 3 saturated heterocycles. The van der Waals surface area contributed by atoms with E-state index in [1.54, 1.807) is 0 Å². The lowest BCUT2D eigenvalue weighted by molar-refractivity contribution is -0.0120. The molecule has 0 spiro atoms. The van der Waals surface area contributed by atoms with Crippen LogP contribution < -0.4 is 10.6 Å². The summed E-state index contributed by atoms with van der Waals surface area (Å²) in [6.45, 7) is 7.10. The molecule has 0 bridgehead atoms. The average Bonchev–Trinajstić information content (AvgIpc) is 3.34. The van der Waals surface area contributed by atoms with E-state index < -0.39 is 0 Å². The van der Waals surface area contributed by atoms with Gasteiger partial charge in [0.15, 0.2) is 5.96 Å². The van der Waals surface area contributed by atoms with Crippen LogP contribution >= 0.6 is 11.8 Å². The highest BCUT2D eigenvalue weighted by atomic mass is 32.2. The summed E-state index contributed by atoms with van der Waals surface area (Å²) in [6.07, 6.45) is 2.97. The van der Waals surface area contributed by atoms with Crippen molar-refractivity contribution in [3.63, 3.8) is 0 Å². The molecule has 0 radical (unpaired) electrons. The Kier molecular flexibility index (Phi) is 7.45. The highest BCUT2D eigenvalue weighted by molar-refractivity contribution is 7.99. The van der Waals surface area contributed by atoms with Crippen LogP contribution in [0.5, 0.6) is 0 Å². The molecule has 0 aromatic heterocycles. The fraction of sp³-hybridized carbons (Fsp3) is 0.944. The molecule has 3 aliphatic heterocycles. The van der Waals surface area contributed by atoms with Crippen molar-refractivity contribution in [3.05, 3.63) is 0 Å². The van der Waals surface area contributed by atoms with Crippen LogP contribution in [0.1, 0.15) is 19.3 Å². The summed E-state index contributed by atoms with van der Waals surface area (Å²) in [4.78, 5) is 7.02. The Hall–Kier alpha value is -0.540. The van der Waals surface area contributed by atoms with Gasteiger partial charge in [0.1, 0.15) is 0 Å². The first-order valence-corrected chi connectivity index (χ1v) is 10.9. The van der Waals surface area contributed by atoms with Gasteiger partial charge in [0.05, 0.1) is 19.8 Å². The first kappa shape index (κ1) is 20.2. The molecule has 3 rings (SSSR count). The van der Waals surface area contributed by atoms with Gasteiger partial charge in [-0.2, -0.15) is 11.8 Å². The molecule has 150 valence electrons. The second-order valence-corrected chi connectivity index (χ2v) is 8.79. The number of hydrogen-bond donors (Lipinski definition) is 3. The third-order valence-corrected chi connectivity index (χ3v) is 7.27. The normalized spacial score (nSPS) is 33.5. The zero-order valence-electron chi connectivity index (χ0n) is 16.0. The smallest absolute Gasteiger partial charge is 0.191 e. The molecule has 2 unspecified atom stereocenters. The average molecular weight is 387 g/mol. The van der Waals surface area contributed by atoms with E-state index >= 15 is 0 Å². The maximum atomic E-state index is 9.39. The van der Waals surface area contributed by atoms with Crippen LogP contribution in [0.3, 0.4) is 0 Å². The van der Waals surface area contributed by atoms with Gasteiger partial charge < -0.3 is 25.2 Å². The molecule has 0 aromatic rings. The molecule has 26 heavy (non-hydrogen) atoms. The maximum absolute atomic E-state index is 9.39. The molecule has 0 saturated carbocycles. The summed E-state index contributed by atoms with van der Waals surface area (Å²) in [5.41, 5.74) is 0.225. The second-order valence-electron chi connectivity index (χ2n) is 7.68. The lowest BCUT2D eigenvalue weighted by atomic mass is 9.84. The van der Waals surface area contributed by atoms with Crippen LogP contribution in [-0.2, 0) is 9.47 Å². The van der Waals surface area contributed by atoms with Crippen molar-refractivity contribution >= 4 is 17.7 Å². The van der Waals surface area contributed by atoms with Crippen molar-refractivity contribution in [1.82, 2.24) is 15.5 Å². The summed E-state index contributed by atoms with van der Waals surface area (Å²) in [6, 6.07) is 0. The number of aliphatic hydroxyl groups excluding tert-OH is 1. The first-order chi connectivity index (χ1) is 12.7. The Morgan fingerprint density at radius 2 is 1.96 bits per heavy atom. The van der Waals surface area contributed by atoms with E-state index in [4.69, 9.17) is 9.47 Å². The minimum atomic E-state index is 0.0253.